The van der Waals surface area contributed by atoms with E-state index in [0.717, 1.165) is 0 Å². The molecule has 96 valence electrons. The number of rotatable bonds is 4. The van der Waals surface area contributed by atoms with Crippen LogP contribution in [0.25, 0.3) is 0 Å². The van der Waals surface area contributed by atoms with Crippen LogP contribution in [0, 0.1) is 0 Å². The Morgan fingerprint density at radius 1 is 1.29 bits per heavy atom. The van der Waals surface area contributed by atoms with Crippen molar-refractivity contribution in [2.24, 2.45) is 0 Å². The lowest BCUT2D eigenvalue weighted by Gasteiger charge is -2.23. The summed E-state index contributed by atoms with van der Waals surface area (Å²) in [6, 6.07) is 4.99. The van der Waals surface area contributed by atoms with Crippen molar-refractivity contribution in [2.75, 3.05) is 6.54 Å². The molecule has 1 atom stereocenters. The van der Waals surface area contributed by atoms with Gasteiger partial charge < -0.3 is 20.6 Å². The Hall–Kier alpha value is -1.10. The first kappa shape index (κ1) is 14.0. The van der Waals surface area contributed by atoms with E-state index in [0.29, 0.717) is 17.7 Å². The Bertz CT molecular complexity index is 371. The molecule has 0 aromatic heterocycles. The van der Waals surface area contributed by atoms with Crippen molar-refractivity contribution < 1.29 is 15.3 Å². The van der Waals surface area contributed by atoms with E-state index in [9.17, 15) is 10.2 Å². The predicted molar refractivity (Wildman–Crippen MR) is 66.7 cm³/mol. The molecule has 1 unspecified atom stereocenters. The van der Waals surface area contributed by atoms with E-state index in [-0.39, 0.29) is 17.9 Å². The summed E-state index contributed by atoms with van der Waals surface area (Å²) in [7, 11) is 0. The Morgan fingerprint density at radius 3 is 2.47 bits per heavy atom. The first-order chi connectivity index (χ1) is 7.85. The average Bonchev–Trinajstić information content (AvgIpc) is 2.25. The highest BCUT2D eigenvalue weighted by Crippen LogP contribution is 2.27. The zero-order valence-electron chi connectivity index (χ0n) is 10.6. The molecule has 4 heteroatoms. The molecule has 0 aliphatic heterocycles. The molecule has 0 fully saturated rings. The van der Waals surface area contributed by atoms with Gasteiger partial charge in [-0.3, -0.25) is 0 Å². The van der Waals surface area contributed by atoms with E-state index in [1.54, 1.807) is 18.2 Å². The van der Waals surface area contributed by atoms with Gasteiger partial charge in [-0.15, -0.1) is 0 Å². The van der Waals surface area contributed by atoms with Crippen LogP contribution in [0.3, 0.4) is 0 Å². The van der Waals surface area contributed by atoms with Gasteiger partial charge in [0.05, 0.1) is 12.7 Å². The van der Waals surface area contributed by atoms with Crippen LogP contribution in [0.4, 0.5) is 0 Å². The third-order valence-electron chi connectivity index (χ3n) is 2.51. The molecule has 0 saturated carbocycles. The lowest BCUT2D eigenvalue weighted by Crippen LogP contribution is -2.38. The van der Waals surface area contributed by atoms with Crippen LogP contribution in [0.2, 0.25) is 0 Å². The third kappa shape index (κ3) is 4.00. The van der Waals surface area contributed by atoms with Gasteiger partial charge in [0.2, 0.25) is 0 Å². The van der Waals surface area contributed by atoms with Crippen LogP contribution >= 0.6 is 0 Å². The monoisotopic (exact) mass is 239 g/mol. The van der Waals surface area contributed by atoms with E-state index in [2.05, 4.69) is 5.32 Å². The predicted octanol–water partition coefficient (Wildman–Crippen LogP) is 1.31. The molecule has 0 bridgehead atoms. The van der Waals surface area contributed by atoms with Gasteiger partial charge >= 0.3 is 0 Å². The Kier molecular flexibility index (Phi) is 4.51. The molecule has 1 rings (SSSR count). The van der Waals surface area contributed by atoms with Crippen molar-refractivity contribution in [3.05, 3.63) is 29.3 Å². The zero-order valence-corrected chi connectivity index (χ0v) is 10.6. The van der Waals surface area contributed by atoms with Gasteiger partial charge in [0, 0.05) is 23.2 Å². The molecule has 1 aromatic carbocycles. The average molecular weight is 239 g/mol. The molecule has 17 heavy (non-hydrogen) atoms. The maximum atomic E-state index is 9.98. The minimum atomic E-state index is -0.791. The molecule has 0 aliphatic rings. The van der Waals surface area contributed by atoms with Crippen molar-refractivity contribution >= 4 is 0 Å². The quantitative estimate of drug-likeness (QED) is 0.639. The van der Waals surface area contributed by atoms with E-state index >= 15 is 0 Å². The normalized spacial score (nSPS) is 13.7. The summed E-state index contributed by atoms with van der Waals surface area (Å²) >= 11 is 0. The summed E-state index contributed by atoms with van der Waals surface area (Å²) in [5.74, 6) is -0.0294. The van der Waals surface area contributed by atoms with E-state index < -0.39 is 6.10 Å². The molecule has 4 nitrogen and oxygen atoms in total. The lowest BCUT2D eigenvalue weighted by atomic mass is 10.0. The van der Waals surface area contributed by atoms with Crippen molar-refractivity contribution in [3.8, 4) is 5.75 Å². The molecule has 0 spiro atoms. The first-order valence-electron chi connectivity index (χ1n) is 5.70. The number of aromatic hydroxyl groups is 1. The smallest absolute Gasteiger partial charge is 0.126 e. The van der Waals surface area contributed by atoms with Crippen LogP contribution < -0.4 is 5.32 Å². The van der Waals surface area contributed by atoms with Gasteiger partial charge in [-0.25, -0.2) is 0 Å². The maximum Gasteiger partial charge on any atom is 0.126 e. The molecular weight excluding hydrogens is 218 g/mol. The van der Waals surface area contributed by atoms with Crippen LogP contribution in [0.5, 0.6) is 5.75 Å². The minimum absolute atomic E-state index is 0.0294. The minimum Gasteiger partial charge on any atom is -0.507 e. The topological polar surface area (TPSA) is 72.7 Å². The van der Waals surface area contributed by atoms with Crippen LogP contribution in [0.1, 0.15) is 38.0 Å². The highest BCUT2D eigenvalue weighted by molar-refractivity contribution is 5.41. The van der Waals surface area contributed by atoms with Crippen LogP contribution in [-0.4, -0.2) is 27.4 Å². The Balaban J connectivity index is 2.79. The second-order valence-electron chi connectivity index (χ2n) is 5.16. The number of β-amino-alcohol motifs (C(OH)–C–C–N with tert-alkyl or cyclic N) is 1. The molecule has 0 saturated heterocycles. The molecular formula is C13H21NO3. The first-order valence-corrected chi connectivity index (χ1v) is 5.70. The highest BCUT2D eigenvalue weighted by Gasteiger charge is 2.17. The van der Waals surface area contributed by atoms with Gasteiger partial charge in [0.1, 0.15) is 5.75 Å². The van der Waals surface area contributed by atoms with Gasteiger partial charge in [0.25, 0.3) is 0 Å². The Morgan fingerprint density at radius 2 is 1.94 bits per heavy atom. The standard InChI is InChI=1S/C13H21NO3/c1-13(2,3)14-7-11(16)10-6-4-5-9(8-15)12(10)17/h4-6,11,14-17H,7-8H2,1-3H3. The van der Waals surface area contributed by atoms with Gasteiger partial charge in [-0.1, -0.05) is 18.2 Å². The fourth-order valence-electron chi connectivity index (χ4n) is 1.52. The summed E-state index contributed by atoms with van der Waals surface area (Å²) in [6.45, 7) is 6.13. The number of hydrogen-bond donors (Lipinski definition) is 4. The zero-order chi connectivity index (χ0) is 13.1. The number of hydrogen-bond acceptors (Lipinski definition) is 4. The summed E-state index contributed by atoms with van der Waals surface area (Å²) in [5.41, 5.74) is 0.774. The summed E-state index contributed by atoms with van der Waals surface area (Å²) in [6.07, 6.45) is -0.791. The molecule has 0 heterocycles. The van der Waals surface area contributed by atoms with E-state index in [1.807, 2.05) is 20.8 Å². The number of phenols is 1. The number of benzene rings is 1. The maximum absolute atomic E-state index is 9.98. The number of para-hydroxylation sites is 1. The second kappa shape index (κ2) is 5.49. The SMILES string of the molecule is CC(C)(C)NCC(O)c1cccc(CO)c1O. The summed E-state index contributed by atoms with van der Waals surface area (Å²) in [4.78, 5) is 0. The molecule has 0 amide bonds. The number of aliphatic hydroxyl groups excluding tert-OH is 2. The largest absolute Gasteiger partial charge is 0.507 e. The molecule has 0 aliphatic carbocycles. The summed E-state index contributed by atoms with van der Waals surface area (Å²) < 4.78 is 0. The van der Waals surface area contributed by atoms with Gasteiger partial charge in [-0.2, -0.15) is 0 Å². The number of aliphatic hydroxyl groups is 2. The van der Waals surface area contributed by atoms with Crippen LogP contribution in [-0.2, 0) is 6.61 Å². The van der Waals surface area contributed by atoms with Crippen LogP contribution in [0.15, 0.2) is 18.2 Å². The molecule has 0 radical (unpaired) electrons. The molecule has 4 N–H and O–H groups in total. The fraction of sp³-hybridized carbons (Fsp3) is 0.538. The van der Waals surface area contributed by atoms with Crippen molar-refractivity contribution in [2.45, 2.75) is 39.0 Å². The van der Waals surface area contributed by atoms with Crippen molar-refractivity contribution in [3.63, 3.8) is 0 Å². The van der Waals surface area contributed by atoms with E-state index in [4.69, 9.17) is 5.11 Å². The Labute approximate surface area is 102 Å². The highest BCUT2D eigenvalue weighted by atomic mass is 16.3. The van der Waals surface area contributed by atoms with Crippen molar-refractivity contribution in [1.29, 1.82) is 0 Å². The van der Waals surface area contributed by atoms with Gasteiger partial charge in [-0.05, 0) is 20.8 Å². The van der Waals surface area contributed by atoms with Crippen molar-refractivity contribution in [1.82, 2.24) is 5.32 Å². The molecule has 1 aromatic rings. The lowest BCUT2D eigenvalue weighted by molar-refractivity contribution is 0.159. The van der Waals surface area contributed by atoms with Gasteiger partial charge in [0.15, 0.2) is 0 Å². The third-order valence-corrected chi connectivity index (χ3v) is 2.51. The summed E-state index contributed by atoms with van der Waals surface area (Å²) in [5, 5.41) is 32.0. The van der Waals surface area contributed by atoms with E-state index in [1.165, 1.54) is 0 Å². The second-order valence-corrected chi connectivity index (χ2v) is 5.16. The number of nitrogens with one attached hydrogen (secondary N) is 1. The fourth-order valence-corrected chi connectivity index (χ4v) is 1.52.